The molecule has 1 rings (SSSR count). The zero-order valence-electron chi connectivity index (χ0n) is 11.4. The topological polar surface area (TPSA) is 12.0 Å². The van der Waals surface area contributed by atoms with Gasteiger partial charge in [-0.15, -0.1) is 0 Å². The highest BCUT2D eigenvalue weighted by atomic mass is 19.1. The van der Waals surface area contributed by atoms with Crippen molar-refractivity contribution < 1.29 is 4.39 Å². The fraction of sp³-hybridized carbons (Fsp3) is 0.600. The fourth-order valence-electron chi connectivity index (χ4n) is 2.34. The van der Waals surface area contributed by atoms with Gasteiger partial charge in [0.15, 0.2) is 0 Å². The molecule has 96 valence electrons. The molecule has 0 aromatic heterocycles. The number of aryl methyl sites for hydroxylation is 1. The summed E-state index contributed by atoms with van der Waals surface area (Å²) in [5.74, 6) is 0.466. The highest BCUT2D eigenvalue weighted by Crippen LogP contribution is 2.28. The number of nitrogens with one attached hydrogen (secondary N) is 1. The van der Waals surface area contributed by atoms with E-state index < -0.39 is 0 Å². The van der Waals surface area contributed by atoms with Crippen LogP contribution in [0.15, 0.2) is 18.2 Å². The second-order valence-corrected chi connectivity index (χ2v) is 4.62. The average molecular weight is 237 g/mol. The third-order valence-electron chi connectivity index (χ3n) is 3.50. The van der Waals surface area contributed by atoms with Gasteiger partial charge in [0.05, 0.1) is 0 Å². The second kappa shape index (κ2) is 6.75. The van der Waals surface area contributed by atoms with Crippen molar-refractivity contribution in [3.8, 4) is 0 Å². The first-order valence-corrected chi connectivity index (χ1v) is 6.63. The molecule has 0 heterocycles. The van der Waals surface area contributed by atoms with Crippen molar-refractivity contribution in [1.29, 1.82) is 0 Å². The molecule has 1 nitrogen and oxygen atoms in total. The van der Waals surface area contributed by atoms with Crippen molar-refractivity contribution in [1.82, 2.24) is 5.32 Å². The van der Waals surface area contributed by atoms with Crippen LogP contribution >= 0.6 is 0 Å². The van der Waals surface area contributed by atoms with Crippen LogP contribution in [0.1, 0.15) is 50.8 Å². The van der Waals surface area contributed by atoms with Gasteiger partial charge < -0.3 is 5.32 Å². The van der Waals surface area contributed by atoms with Crippen LogP contribution in [0.4, 0.5) is 4.39 Å². The molecule has 0 spiro atoms. The molecule has 0 amide bonds. The molecule has 0 aliphatic heterocycles. The van der Waals surface area contributed by atoms with Crippen LogP contribution in [0.2, 0.25) is 0 Å². The van der Waals surface area contributed by atoms with Gasteiger partial charge in [-0.1, -0.05) is 45.7 Å². The van der Waals surface area contributed by atoms with E-state index in [9.17, 15) is 4.39 Å². The van der Waals surface area contributed by atoms with Crippen molar-refractivity contribution in [2.75, 3.05) is 6.54 Å². The summed E-state index contributed by atoms with van der Waals surface area (Å²) < 4.78 is 13.6. The molecular weight excluding hydrogens is 213 g/mol. The molecule has 0 radical (unpaired) electrons. The molecule has 1 unspecified atom stereocenters. The van der Waals surface area contributed by atoms with Crippen LogP contribution in [0, 0.1) is 18.7 Å². The van der Waals surface area contributed by atoms with E-state index in [1.54, 1.807) is 13.0 Å². The van der Waals surface area contributed by atoms with Crippen LogP contribution in [0.25, 0.3) is 0 Å². The van der Waals surface area contributed by atoms with Crippen molar-refractivity contribution in [2.24, 2.45) is 5.92 Å². The first-order chi connectivity index (χ1) is 8.13. The summed E-state index contributed by atoms with van der Waals surface area (Å²) in [4.78, 5) is 0. The van der Waals surface area contributed by atoms with Gasteiger partial charge in [-0.25, -0.2) is 4.39 Å². The predicted octanol–water partition coefficient (Wildman–Crippen LogP) is 4.22. The molecule has 0 saturated heterocycles. The minimum atomic E-state index is -0.101. The molecule has 2 heteroatoms. The minimum Gasteiger partial charge on any atom is -0.310 e. The summed E-state index contributed by atoms with van der Waals surface area (Å²) in [5, 5.41) is 3.48. The van der Waals surface area contributed by atoms with Crippen LogP contribution in [-0.4, -0.2) is 6.54 Å². The zero-order valence-corrected chi connectivity index (χ0v) is 11.4. The molecule has 0 aliphatic rings. The van der Waals surface area contributed by atoms with Gasteiger partial charge in [0.1, 0.15) is 5.82 Å². The standard InChI is InChI=1S/C15H24FN/c1-5-12(6-2)15(17-7-3)13-9-8-11(4)14(16)10-13/h8-10,12,15,17H,5-7H2,1-4H3. The summed E-state index contributed by atoms with van der Waals surface area (Å²) in [5.41, 5.74) is 1.79. The van der Waals surface area contributed by atoms with E-state index in [1.807, 2.05) is 12.1 Å². The number of halogens is 1. The molecular formula is C15H24FN. The summed E-state index contributed by atoms with van der Waals surface area (Å²) in [6, 6.07) is 5.87. The summed E-state index contributed by atoms with van der Waals surface area (Å²) in [7, 11) is 0. The van der Waals surface area contributed by atoms with E-state index in [4.69, 9.17) is 0 Å². The number of hydrogen-bond acceptors (Lipinski definition) is 1. The monoisotopic (exact) mass is 237 g/mol. The van der Waals surface area contributed by atoms with E-state index in [2.05, 4.69) is 26.1 Å². The third kappa shape index (κ3) is 3.53. The quantitative estimate of drug-likeness (QED) is 0.781. The molecule has 17 heavy (non-hydrogen) atoms. The van der Waals surface area contributed by atoms with Gasteiger partial charge in [0, 0.05) is 6.04 Å². The average Bonchev–Trinajstić information content (AvgIpc) is 2.33. The normalized spacial score (nSPS) is 13.1. The molecule has 0 fully saturated rings. The molecule has 0 saturated carbocycles. The van der Waals surface area contributed by atoms with Crippen LogP contribution in [0.3, 0.4) is 0 Å². The maximum atomic E-state index is 13.6. The number of rotatable bonds is 6. The Balaban J connectivity index is 2.99. The Hall–Kier alpha value is -0.890. The van der Waals surface area contributed by atoms with E-state index in [0.717, 1.165) is 24.9 Å². The van der Waals surface area contributed by atoms with Gasteiger partial charge in [0.25, 0.3) is 0 Å². The van der Waals surface area contributed by atoms with Crippen molar-refractivity contribution in [3.05, 3.63) is 35.1 Å². The molecule has 1 N–H and O–H groups in total. The lowest BCUT2D eigenvalue weighted by Crippen LogP contribution is -2.27. The Morgan fingerprint density at radius 2 is 1.82 bits per heavy atom. The first kappa shape index (κ1) is 14.2. The largest absolute Gasteiger partial charge is 0.310 e. The molecule has 1 aromatic rings. The van der Waals surface area contributed by atoms with E-state index >= 15 is 0 Å². The van der Waals surface area contributed by atoms with Gasteiger partial charge in [-0.3, -0.25) is 0 Å². The van der Waals surface area contributed by atoms with Crippen molar-refractivity contribution >= 4 is 0 Å². The SMILES string of the molecule is CCNC(c1ccc(C)c(F)c1)C(CC)CC. The van der Waals surface area contributed by atoms with Gasteiger partial charge >= 0.3 is 0 Å². The minimum absolute atomic E-state index is 0.101. The molecule has 0 bridgehead atoms. The Morgan fingerprint density at radius 3 is 2.29 bits per heavy atom. The predicted molar refractivity (Wildman–Crippen MR) is 71.6 cm³/mol. The maximum Gasteiger partial charge on any atom is 0.126 e. The Bertz CT molecular complexity index is 345. The van der Waals surface area contributed by atoms with Crippen LogP contribution < -0.4 is 5.32 Å². The van der Waals surface area contributed by atoms with E-state index in [0.29, 0.717) is 11.5 Å². The van der Waals surface area contributed by atoms with E-state index in [1.165, 1.54) is 0 Å². The fourth-order valence-corrected chi connectivity index (χ4v) is 2.34. The lowest BCUT2D eigenvalue weighted by atomic mass is 9.88. The van der Waals surface area contributed by atoms with Crippen LogP contribution in [-0.2, 0) is 0 Å². The first-order valence-electron chi connectivity index (χ1n) is 6.63. The highest BCUT2D eigenvalue weighted by molar-refractivity contribution is 5.26. The Morgan fingerprint density at radius 1 is 1.18 bits per heavy atom. The summed E-state index contributed by atoms with van der Waals surface area (Å²) in [6.45, 7) is 9.21. The lowest BCUT2D eigenvalue weighted by Gasteiger charge is -2.26. The van der Waals surface area contributed by atoms with Crippen molar-refractivity contribution in [2.45, 2.75) is 46.6 Å². The number of hydrogen-bond donors (Lipinski definition) is 1. The Labute approximate surface area is 104 Å². The Kier molecular flexibility index (Phi) is 5.63. The molecule has 1 aromatic carbocycles. The zero-order chi connectivity index (χ0) is 12.8. The summed E-state index contributed by atoms with van der Waals surface area (Å²) >= 11 is 0. The number of benzene rings is 1. The van der Waals surface area contributed by atoms with Gasteiger partial charge in [-0.2, -0.15) is 0 Å². The van der Waals surface area contributed by atoms with Gasteiger partial charge in [0.2, 0.25) is 0 Å². The van der Waals surface area contributed by atoms with Crippen LogP contribution in [0.5, 0.6) is 0 Å². The second-order valence-electron chi connectivity index (χ2n) is 4.62. The third-order valence-corrected chi connectivity index (χ3v) is 3.50. The summed E-state index contributed by atoms with van der Waals surface area (Å²) in [6.07, 6.45) is 2.23. The molecule has 1 atom stereocenters. The van der Waals surface area contributed by atoms with Crippen molar-refractivity contribution in [3.63, 3.8) is 0 Å². The smallest absolute Gasteiger partial charge is 0.126 e. The van der Waals surface area contributed by atoms with Gasteiger partial charge in [-0.05, 0) is 36.6 Å². The molecule has 0 aliphatic carbocycles. The van der Waals surface area contributed by atoms with E-state index in [-0.39, 0.29) is 11.9 Å². The highest BCUT2D eigenvalue weighted by Gasteiger charge is 2.19. The lowest BCUT2D eigenvalue weighted by molar-refractivity contribution is 0.345. The maximum absolute atomic E-state index is 13.6.